The predicted molar refractivity (Wildman–Crippen MR) is 132 cm³/mol. The van der Waals surface area contributed by atoms with Gasteiger partial charge in [0.05, 0.1) is 11.9 Å². The van der Waals surface area contributed by atoms with E-state index in [9.17, 15) is 24.3 Å². The van der Waals surface area contributed by atoms with Gasteiger partial charge < -0.3 is 25.7 Å². The molecule has 0 spiro atoms. The van der Waals surface area contributed by atoms with Crippen LogP contribution in [0.2, 0.25) is 0 Å². The molecule has 0 saturated carbocycles. The Hall–Kier alpha value is -2.62. The lowest BCUT2D eigenvalue weighted by Gasteiger charge is -2.51. The van der Waals surface area contributed by atoms with Crippen LogP contribution in [0.3, 0.4) is 0 Å². The fraction of sp³-hybridized carbons (Fsp3) is 0.500. The number of hydrogen-bond acceptors (Lipinski definition) is 12. The van der Waals surface area contributed by atoms with Crippen LogP contribution >= 0.6 is 35.0 Å². The fourth-order valence-electron chi connectivity index (χ4n) is 3.50. The van der Waals surface area contributed by atoms with Crippen molar-refractivity contribution in [2.75, 3.05) is 23.8 Å². The van der Waals surface area contributed by atoms with E-state index in [1.54, 1.807) is 20.8 Å². The summed E-state index contributed by atoms with van der Waals surface area (Å²) in [6.07, 6.45) is 1.53. The smallest absolute Gasteiger partial charge is 0.391 e. The highest BCUT2D eigenvalue weighted by molar-refractivity contribution is 8.01. The number of nitrogens with zero attached hydrogens (tertiary/aromatic N) is 3. The summed E-state index contributed by atoms with van der Waals surface area (Å²) in [5.41, 5.74) is 4.77. The van der Waals surface area contributed by atoms with E-state index in [1.807, 2.05) is 6.92 Å². The van der Waals surface area contributed by atoms with Gasteiger partial charge in [0.25, 0.3) is 5.91 Å². The third kappa shape index (κ3) is 5.63. The number of thiazole rings is 1. The van der Waals surface area contributed by atoms with Crippen LogP contribution in [0.1, 0.15) is 33.4 Å². The van der Waals surface area contributed by atoms with Crippen LogP contribution in [0.15, 0.2) is 22.3 Å². The third-order valence-corrected chi connectivity index (χ3v) is 8.08. The van der Waals surface area contributed by atoms with Crippen molar-refractivity contribution in [2.45, 2.75) is 44.7 Å². The lowest BCUT2D eigenvalue weighted by molar-refractivity contribution is -0.719. The van der Waals surface area contributed by atoms with Gasteiger partial charge in [0.15, 0.2) is 16.2 Å². The molecule has 3 atom stereocenters. The molecule has 0 bridgehead atoms. The summed E-state index contributed by atoms with van der Waals surface area (Å²) in [4.78, 5) is 59.2. The first-order valence-electron chi connectivity index (χ1n) is 10.5. The standard InChI is InChI=1S/C20H25N5O7S3/c1-5-35-25-11(18(29)30)6-7-33-17(25)14(16(25)28)23-15(27)13(10-9-34-19(21)22-10)24-31-8-12(26)32-20(2,3)4/h6,9,14,17H,5,7-8H2,1-4H3,(H3-,21,22,23,27,29,30)/p+1/t14?,17-,25?/m0/s1. The molecular weight excluding hydrogens is 518 g/mol. The molecule has 2 aliphatic rings. The molecule has 12 nitrogen and oxygen atoms in total. The molecule has 35 heavy (non-hydrogen) atoms. The van der Waals surface area contributed by atoms with Crippen molar-refractivity contribution in [3.05, 3.63) is 22.8 Å². The van der Waals surface area contributed by atoms with E-state index in [2.05, 4.69) is 15.5 Å². The highest BCUT2D eigenvalue weighted by atomic mass is 32.2. The number of ether oxygens (including phenoxy) is 1. The number of fused-ring (bicyclic) bond motifs is 1. The average molecular weight is 545 g/mol. The lowest BCUT2D eigenvalue weighted by atomic mass is 10.0. The molecule has 1 aromatic heterocycles. The zero-order valence-electron chi connectivity index (χ0n) is 19.5. The maximum absolute atomic E-state index is 13.2. The number of β-lactam (4-membered cyclic amide) rings is 1. The van der Waals surface area contributed by atoms with E-state index < -0.39 is 51.3 Å². The average Bonchev–Trinajstić information content (AvgIpc) is 3.19. The number of carbonyl (C=O) groups excluding carboxylic acids is 3. The Morgan fingerprint density at radius 1 is 1.40 bits per heavy atom. The van der Waals surface area contributed by atoms with Crippen molar-refractivity contribution < 1.29 is 37.7 Å². The Balaban J connectivity index is 1.79. The van der Waals surface area contributed by atoms with E-state index in [-0.39, 0.29) is 22.2 Å². The van der Waals surface area contributed by atoms with Gasteiger partial charge in [-0.2, -0.15) is 0 Å². The number of quaternary nitrogens is 1. The molecule has 2 aliphatic heterocycles. The number of oxime groups is 1. The van der Waals surface area contributed by atoms with Crippen molar-refractivity contribution in [1.29, 1.82) is 0 Å². The number of carbonyl (C=O) groups is 4. The molecule has 2 amide bonds. The largest absolute Gasteiger partial charge is 0.474 e. The van der Waals surface area contributed by atoms with Gasteiger partial charge in [-0.3, -0.25) is 4.79 Å². The predicted octanol–water partition coefficient (Wildman–Crippen LogP) is 1.34. The summed E-state index contributed by atoms with van der Waals surface area (Å²) in [6.45, 7) is 6.37. The van der Waals surface area contributed by atoms with E-state index in [4.69, 9.17) is 15.3 Å². The number of hydrogen-bond donors (Lipinski definition) is 3. The first kappa shape index (κ1) is 27.0. The van der Waals surface area contributed by atoms with Crippen LogP contribution in [0.5, 0.6) is 0 Å². The zero-order chi connectivity index (χ0) is 26.0. The molecule has 0 aromatic carbocycles. The molecule has 3 heterocycles. The monoisotopic (exact) mass is 544 g/mol. The number of nitrogens with two attached hydrogens (primary N) is 1. The summed E-state index contributed by atoms with van der Waals surface area (Å²) < 4.78 is 4.74. The Kier molecular flexibility index (Phi) is 8.14. The van der Waals surface area contributed by atoms with Crippen LogP contribution in [0.25, 0.3) is 0 Å². The third-order valence-electron chi connectivity index (χ3n) is 4.71. The Morgan fingerprint density at radius 2 is 2.11 bits per heavy atom. The van der Waals surface area contributed by atoms with Gasteiger partial charge in [0.2, 0.25) is 18.3 Å². The lowest BCUT2D eigenvalue weighted by Crippen LogP contribution is -2.78. The number of aliphatic carboxylic acids is 1. The fourth-order valence-corrected chi connectivity index (χ4v) is 6.88. The number of amides is 2. The second-order valence-corrected chi connectivity index (χ2v) is 11.8. The molecule has 0 radical (unpaired) electrons. The van der Waals surface area contributed by atoms with E-state index in [0.29, 0.717) is 11.5 Å². The molecular formula is C20H26N5O7S3+. The highest BCUT2D eigenvalue weighted by Crippen LogP contribution is 2.51. The topological polar surface area (TPSA) is 170 Å². The van der Waals surface area contributed by atoms with Gasteiger partial charge in [-0.25, -0.2) is 19.4 Å². The first-order valence-corrected chi connectivity index (χ1v) is 13.3. The van der Waals surface area contributed by atoms with Crippen molar-refractivity contribution in [3.63, 3.8) is 0 Å². The van der Waals surface area contributed by atoms with Gasteiger partial charge >= 0.3 is 17.8 Å². The van der Waals surface area contributed by atoms with Crippen LogP contribution in [-0.4, -0.2) is 78.6 Å². The molecule has 2 unspecified atom stereocenters. The van der Waals surface area contributed by atoms with Gasteiger partial charge in [-0.15, -0.1) is 15.2 Å². The van der Waals surface area contributed by atoms with Crippen LogP contribution < -0.4 is 11.1 Å². The number of anilines is 1. The number of thioether (sulfide) groups is 1. The normalized spacial score (nSPS) is 24.1. The minimum absolute atomic E-state index is 0.0158. The van der Waals surface area contributed by atoms with E-state index >= 15 is 0 Å². The van der Waals surface area contributed by atoms with Crippen molar-refractivity contribution in [3.8, 4) is 0 Å². The Bertz CT molecular complexity index is 1100. The quantitative estimate of drug-likeness (QED) is 0.102. The molecule has 1 saturated heterocycles. The first-order chi connectivity index (χ1) is 16.4. The van der Waals surface area contributed by atoms with Gasteiger partial charge in [0, 0.05) is 16.9 Å². The van der Waals surface area contributed by atoms with Crippen LogP contribution in [0.4, 0.5) is 5.13 Å². The highest BCUT2D eigenvalue weighted by Gasteiger charge is 2.70. The van der Waals surface area contributed by atoms with Crippen LogP contribution in [-0.2, 0) is 28.8 Å². The molecule has 190 valence electrons. The van der Waals surface area contributed by atoms with E-state index in [1.165, 1.54) is 35.2 Å². The number of carboxylic acids is 1. The number of rotatable bonds is 9. The molecule has 15 heteroatoms. The minimum atomic E-state index is -1.18. The van der Waals surface area contributed by atoms with Crippen molar-refractivity contribution in [1.82, 2.24) is 10.3 Å². The van der Waals surface area contributed by atoms with Gasteiger partial charge in [0.1, 0.15) is 11.3 Å². The van der Waals surface area contributed by atoms with Crippen molar-refractivity contribution >= 4 is 69.6 Å². The Morgan fingerprint density at radius 3 is 2.69 bits per heavy atom. The van der Waals surface area contributed by atoms with Crippen molar-refractivity contribution in [2.24, 2.45) is 5.16 Å². The number of aromatic nitrogens is 1. The van der Waals surface area contributed by atoms with E-state index in [0.717, 1.165) is 11.3 Å². The number of carboxylic acid groups (broad SMARTS) is 1. The molecule has 1 aromatic rings. The number of esters is 1. The van der Waals surface area contributed by atoms with Gasteiger partial charge in [-0.05, 0) is 26.8 Å². The minimum Gasteiger partial charge on any atom is -0.474 e. The Labute approximate surface area is 214 Å². The second-order valence-electron chi connectivity index (χ2n) is 8.35. The maximum atomic E-state index is 13.2. The SMILES string of the molecule is CCS[N+]12C(=O)C(NC(=O)C(=NOCC(=O)OC(C)(C)C)c3csc(N)n3)[C@@H]1SCC=C2C(=O)O. The molecule has 4 N–H and O–H groups in total. The number of nitrogen functional groups attached to an aromatic ring is 1. The summed E-state index contributed by atoms with van der Waals surface area (Å²) in [7, 11) is 0. The summed E-state index contributed by atoms with van der Waals surface area (Å²) in [5, 5.41) is 17.2. The molecule has 0 aliphatic carbocycles. The molecule has 1 fully saturated rings. The van der Waals surface area contributed by atoms with Crippen LogP contribution in [0, 0.1) is 0 Å². The van der Waals surface area contributed by atoms with Gasteiger partial charge in [-0.1, -0.05) is 23.8 Å². The maximum Gasteiger partial charge on any atom is 0.391 e. The number of nitrogens with one attached hydrogen (secondary N) is 1. The summed E-state index contributed by atoms with van der Waals surface area (Å²) in [6, 6.07) is -0.957. The molecule has 3 rings (SSSR count). The summed E-state index contributed by atoms with van der Waals surface area (Å²) in [5.74, 6) is -2.20. The zero-order valence-corrected chi connectivity index (χ0v) is 21.9. The summed E-state index contributed by atoms with van der Waals surface area (Å²) >= 11 is 3.64. The second kappa shape index (κ2) is 10.6.